The number of thiazole rings is 1. The van der Waals surface area contributed by atoms with Crippen LogP contribution in [0.3, 0.4) is 0 Å². The van der Waals surface area contributed by atoms with Crippen LogP contribution in [0.2, 0.25) is 0 Å². The Morgan fingerprint density at radius 2 is 2.12 bits per heavy atom. The number of aromatic nitrogens is 1. The number of carbonyl (C=O) groups excluding carboxylic acids is 1. The van der Waals surface area contributed by atoms with Gasteiger partial charge in [-0.3, -0.25) is 9.78 Å². The van der Waals surface area contributed by atoms with Crippen LogP contribution in [0, 0.1) is 6.92 Å². The molecule has 0 saturated carbocycles. The van der Waals surface area contributed by atoms with Gasteiger partial charge in [-0.1, -0.05) is 35.9 Å². The van der Waals surface area contributed by atoms with Gasteiger partial charge in [0.2, 0.25) is 5.91 Å². The summed E-state index contributed by atoms with van der Waals surface area (Å²) in [6, 6.07) is 15.6. The van der Waals surface area contributed by atoms with Gasteiger partial charge in [0.25, 0.3) is 0 Å². The molecule has 126 valence electrons. The Morgan fingerprint density at radius 3 is 2.92 bits per heavy atom. The minimum absolute atomic E-state index is 0.191. The molecular formula is C20H18N2O2S. The van der Waals surface area contributed by atoms with Crippen LogP contribution in [-0.4, -0.2) is 10.9 Å². The summed E-state index contributed by atoms with van der Waals surface area (Å²) in [6.07, 6.45) is 4.95. The number of benzene rings is 2. The number of aryl methyl sites for hydroxylation is 1. The van der Waals surface area contributed by atoms with Crippen LogP contribution < -0.4 is 10.1 Å². The monoisotopic (exact) mass is 350 g/mol. The quantitative estimate of drug-likeness (QED) is 0.657. The lowest BCUT2D eigenvalue weighted by Gasteiger charge is -2.09. The largest absolute Gasteiger partial charge is 0.489 e. The summed E-state index contributed by atoms with van der Waals surface area (Å²) in [5.74, 6) is 0.523. The molecule has 0 saturated heterocycles. The molecule has 0 unspecified atom stereocenters. The average molecular weight is 350 g/mol. The molecule has 4 nitrogen and oxygen atoms in total. The van der Waals surface area contributed by atoms with E-state index in [1.807, 2.05) is 36.4 Å². The maximum atomic E-state index is 12.0. The van der Waals surface area contributed by atoms with E-state index in [1.165, 1.54) is 23.0 Å². The molecule has 0 fully saturated rings. The summed E-state index contributed by atoms with van der Waals surface area (Å²) in [7, 11) is 0. The van der Waals surface area contributed by atoms with Crippen molar-refractivity contribution in [2.75, 3.05) is 5.32 Å². The van der Waals surface area contributed by atoms with E-state index in [4.69, 9.17) is 4.74 Å². The third-order valence-corrected chi connectivity index (χ3v) is 4.18. The molecule has 0 bridgehead atoms. The molecule has 1 N–H and O–H groups in total. The molecule has 1 heterocycles. The first kappa shape index (κ1) is 16.9. The van der Waals surface area contributed by atoms with E-state index in [0.717, 1.165) is 10.4 Å². The molecule has 3 rings (SSSR count). The summed E-state index contributed by atoms with van der Waals surface area (Å²) in [5, 5.41) is 2.83. The van der Waals surface area contributed by atoms with Crippen molar-refractivity contribution >= 4 is 29.0 Å². The molecule has 2 aromatic carbocycles. The summed E-state index contributed by atoms with van der Waals surface area (Å²) in [4.78, 5) is 16.9. The zero-order valence-corrected chi connectivity index (χ0v) is 14.6. The van der Waals surface area contributed by atoms with Gasteiger partial charge in [-0.25, -0.2) is 0 Å². The van der Waals surface area contributed by atoms with E-state index in [0.29, 0.717) is 18.0 Å². The molecule has 0 aliphatic carbocycles. The minimum Gasteiger partial charge on any atom is -0.489 e. The van der Waals surface area contributed by atoms with E-state index < -0.39 is 0 Å². The Morgan fingerprint density at radius 1 is 1.24 bits per heavy atom. The highest BCUT2D eigenvalue weighted by atomic mass is 32.1. The van der Waals surface area contributed by atoms with Gasteiger partial charge < -0.3 is 10.1 Å². The first-order valence-corrected chi connectivity index (χ1v) is 8.73. The molecule has 0 radical (unpaired) electrons. The van der Waals surface area contributed by atoms with E-state index >= 15 is 0 Å². The zero-order valence-electron chi connectivity index (χ0n) is 13.8. The van der Waals surface area contributed by atoms with Crippen molar-refractivity contribution < 1.29 is 9.53 Å². The number of nitrogens with zero attached hydrogens (tertiary/aromatic N) is 1. The van der Waals surface area contributed by atoms with Gasteiger partial charge in [-0.15, -0.1) is 11.3 Å². The second-order valence-electron chi connectivity index (χ2n) is 5.53. The predicted molar refractivity (Wildman–Crippen MR) is 102 cm³/mol. The maximum absolute atomic E-state index is 12.0. The minimum atomic E-state index is -0.191. The maximum Gasteiger partial charge on any atom is 0.248 e. The Labute approximate surface area is 150 Å². The standard InChI is InChI=1S/C20H18N2O2S/c1-15-4-2-5-16(10-15)13-24-18-7-3-6-17(11-18)22-20(23)9-8-19-12-21-14-25-19/h2-12,14H,13H2,1H3,(H,22,23)/b9-8+. The molecule has 1 amide bonds. The third kappa shape index (κ3) is 5.29. The van der Waals surface area contributed by atoms with Crippen molar-refractivity contribution in [2.45, 2.75) is 13.5 Å². The topological polar surface area (TPSA) is 51.2 Å². The number of hydrogen-bond donors (Lipinski definition) is 1. The van der Waals surface area contributed by atoms with Gasteiger partial charge in [-0.05, 0) is 30.7 Å². The number of ether oxygens (including phenoxy) is 1. The van der Waals surface area contributed by atoms with Crippen molar-refractivity contribution in [3.8, 4) is 5.75 Å². The number of amides is 1. The summed E-state index contributed by atoms with van der Waals surface area (Å²) in [6.45, 7) is 2.55. The van der Waals surface area contributed by atoms with Gasteiger partial charge in [0.15, 0.2) is 0 Å². The lowest BCUT2D eigenvalue weighted by atomic mass is 10.1. The van der Waals surface area contributed by atoms with Crippen molar-refractivity contribution in [1.82, 2.24) is 4.98 Å². The lowest BCUT2D eigenvalue weighted by molar-refractivity contribution is -0.111. The smallest absolute Gasteiger partial charge is 0.248 e. The Bertz CT molecular complexity index is 873. The SMILES string of the molecule is Cc1cccc(COc2cccc(NC(=O)/C=C/c3cncs3)c2)c1. The summed E-state index contributed by atoms with van der Waals surface area (Å²) in [5.41, 5.74) is 4.74. The van der Waals surface area contributed by atoms with Crippen molar-refractivity contribution in [1.29, 1.82) is 0 Å². The van der Waals surface area contributed by atoms with Gasteiger partial charge >= 0.3 is 0 Å². The Kier molecular flexibility index (Phi) is 5.59. The molecule has 3 aromatic rings. The summed E-state index contributed by atoms with van der Waals surface area (Å²) < 4.78 is 5.81. The second-order valence-corrected chi connectivity index (χ2v) is 6.45. The molecule has 25 heavy (non-hydrogen) atoms. The Balaban J connectivity index is 1.58. The van der Waals surface area contributed by atoms with Crippen LogP contribution in [0.1, 0.15) is 16.0 Å². The first-order chi connectivity index (χ1) is 12.2. The molecular weight excluding hydrogens is 332 g/mol. The van der Waals surface area contributed by atoms with Gasteiger partial charge in [0.05, 0.1) is 5.51 Å². The van der Waals surface area contributed by atoms with E-state index in [-0.39, 0.29) is 5.91 Å². The van der Waals surface area contributed by atoms with E-state index in [9.17, 15) is 4.79 Å². The molecule has 5 heteroatoms. The van der Waals surface area contributed by atoms with Crippen molar-refractivity contribution in [3.63, 3.8) is 0 Å². The van der Waals surface area contributed by atoms with Crippen molar-refractivity contribution in [2.24, 2.45) is 0 Å². The van der Waals surface area contributed by atoms with Gasteiger partial charge in [0, 0.05) is 28.9 Å². The highest BCUT2D eigenvalue weighted by molar-refractivity contribution is 7.10. The summed E-state index contributed by atoms with van der Waals surface area (Å²) >= 11 is 1.48. The van der Waals surface area contributed by atoms with Crippen LogP contribution >= 0.6 is 11.3 Å². The van der Waals surface area contributed by atoms with E-state index in [1.54, 1.807) is 17.8 Å². The molecule has 0 aliphatic rings. The van der Waals surface area contributed by atoms with Gasteiger partial charge in [0.1, 0.15) is 12.4 Å². The molecule has 1 aromatic heterocycles. The van der Waals surface area contributed by atoms with E-state index in [2.05, 4.69) is 29.4 Å². The molecule has 0 atom stereocenters. The predicted octanol–water partition coefficient (Wildman–Crippen LogP) is 4.68. The number of hydrogen-bond acceptors (Lipinski definition) is 4. The highest BCUT2D eigenvalue weighted by Gasteiger charge is 2.02. The number of rotatable bonds is 6. The van der Waals surface area contributed by atoms with Crippen LogP contribution in [0.15, 0.2) is 66.3 Å². The van der Waals surface area contributed by atoms with Gasteiger partial charge in [-0.2, -0.15) is 0 Å². The normalized spacial score (nSPS) is 10.8. The van der Waals surface area contributed by atoms with Crippen LogP contribution in [-0.2, 0) is 11.4 Å². The first-order valence-electron chi connectivity index (χ1n) is 7.85. The average Bonchev–Trinajstić information content (AvgIpc) is 3.12. The number of nitrogens with one attached hydrogen (secondary N) is 1. The second kappa shape index (κ2) is 8.26. The van der Waals surface area contributed by atoms with Crippen LogP contribution in [0.5, 0.6) is 5.75 Å². The van der Waals surface area contributed by atoms with Crippen molar-refractivity contribution in [3.05, 3.63) is 82.3 Å². The third-order valence-electron chi connectivity index (χ3n) is 3.44. The molecule has 0 aliphatic heterocycles. The number of anilines is 1. The van der Waals surface area contributed by atoms with Crippen LogP contribution in [0.25, 0.3) is 6.08 Å². The fourth-order valence-electron chi connectivity index (χ4n) is 2.28. The fourth-order valence-corrected chi connectivity index (χ4v) is 2.79. The lowest BCUT2D eigenvalue weighted by Crippen LogP contribution is -2.07. The fraction of sp³-hybridized carbons (Fsp3) is 0.100. The van der Waals surface area contributed by atoms with Crippen LogP contribution in [0.4, 0.5) is 5.69 Å². The highest BCUT2D eigenvalue weighted by Crippen LogP contribution is 2.19. The Hall–Kier alpha value is -2.92. The zero-order chi connectivity index (χ0) is 17.5. The molecule has 0 spiro atoms. The number of carbonyl (C=O) groups is 1.